The molecule has 0 bridgehead atoms. The molecule has 1 saturated carbocycles. The van der Waals surface area contributed by atoms with Crippen LogP contribution in [0.4, 0.5) is 0 Å². The summed E-state index contributed by atoms with van der Waals surface area (Å²) in [5, 5.41) is 25.8. The standard InChI is InChI=1S/C18H15ClN5.C4H9O.U/c1-10-16(20)24(17(21)12-4-2-3-5-13(12)19)18-15(22-10)9-8-14(23-18)11-6-7-11;1-4(2,3)5;/h3-5,8-9,11,20-21H,6-7H2,1H3;5H,1H2,2-3H3;/q2*-1;+2. The van der Waals surface area contributed by atoms with Crippen molar-refractivity contribution in [3.8, 4) is 0 Å². The van der Waals surface area contributed by atoms with Crippen LogP contribution in [0.3, 0.4) is 0 Å². The summed E-state index contributed by atoms with van der Waals surface area (Å²) in [4.78, 5) is 9.15. The number of aliphatic hydroxyl groups is 1. The molecule has 0 radical (unpaired) electrons. The number of nitrogens with zero attached hydrogens (tertiary/aromatic N) is 3. The molecule has 154 valence electrons. The number of benzene rings is 1. The predicted molar refractivity (Wildman–Crippen MR) is 114 cm³/mol. The molecule has 0 amide bonds. The largest absolute Gasteiger partial charge is 2.00 e. The summed E-state index contributed by atoms with van der Waals surface area (Å²) < 4.78 is 1.51. The smallest absolute Gasteiger partial charge is 0.423 e. The number of aromatic nitrogens is 3. The molecule has 1 aromatic carbocycles. The first-order chi connectivity index (χ1) is 13.6. The van der Waals surface area contributed by atoms with Gasteiger partial charge in [0.25, 0.3) is 0 Å². The van der Waals surface area contributed by atoms with Gasteiger partial charge in [0.15, 0.2) is 11.1 Å². The van der Waals surface area contributed by atoms with Crippen LogP contribution in [0.5, 0.6) is 0 Å². The Labute approximate surface area is 205 Å². The van der Waals surface area contributed by atoms with E-state index in [9.17, 15) is 0 Å². The zero-order valence-corrected chi connectivity index (χ0v) is 22.2. The van der Waals surface area contributed by atoms with Gasteiger partial charge in [0.2, 0.25) is 0 Å². The second-order valence-electron chi connectivity index (χ2n) is 7.80. The van der Waals surface area contributed by atoms with Crippen LogP contribution < -0.4 is 5.49 Å². The Morgan fingerprint density at radius 2 is 1.93 bits per heavy atom. The maximum absolute atomic E-state index is 8.60. The van der Waals surface area contributed by atoms with Gasteiger partial charge in [0.1, 0.15) is 5.52 Å². The number of aryl methyl sites for hydroxylation is 1. The third-order valence-corrected chi connectivity index (χ3v) is 4.56. The summed E-state index contributed by atoms with van der Waals surface area (Å²) in [7, 11) is 0. The van der Waals surface area contributed by atoms with Crippen molar-refractivity contribution < 1.29 is 36.2 Å². The molecule has 0 saturated heterocycles. The first-order valence-electron chi connectivity index (χ1n) is 9.34. The second kappa shape index (κ2) is 9.74. The van der Waals surface area contributed by atoms with E-state index >= 15 is 0 Å². The molecule has 1 fully saturated rings. The third kappa shape index (κ3) is 6.01. The zero-order chi connectivity index (χ0) is 21.3. The number of rotatable bonds is 2. The molecule has 0 atom stereocenters. The molecule has 2 heterocycles. The third-order valence-electron chi connectivity index (χ3n) is 4.23. The fourth-order valence-corrected chi connectivity index (χ4v) is 2.95. The van der Waals surface area contributed by atoms with Gasteiger partial charge in [-0.3, -0.25) is 15.4 Å². The van der Waals surface area contributed by atoms with Crippen LogP contribution in [0.25, 0.3) is 11.2 Å². The number of pyridine rings is 1. The molecule has 8 heteroatoms. The van der Waals surface area contributed by atoms with Crippen molar-refractivity contribution >= 4 is 28.6 Å². The van der Waals surface area contributed by atoms with Crippen LogP contribution in [0, 0.1) is 61.8 Å². The van der Waals surface area contributed by atoms with Gasteiger partial charge in [-0.15, -0.1) is 11.6 Å². The van der Waals surface area contributed by atoms with Crippen LogP contribution in [-0.2, 0) is 0 Å². The van der Waals surface area contributed by atoms with E-state index in [4.69, 9.17) is 32.5 Å². The zero-order valence-electron chi connectivity index (χ0n) is 17.3. The molecule has 4 rings (SSSR count). The summed E-state index contributed by atoms with van der Waals surface area (Å²) in [5.41, 5.74) is 2.66. The Morgan fingerprint density at radius 1 is 1.30 bits per heavy atom. The maximum Gasteiger partial charge on any atom is 2.00 e. The van der Waals surface area contributed by atoms with Gasteiger partial charge in [0, 0.05) is 11.6 Å². The van der Waals surface area contributed by atoms with Crippen LogP contribution in [-0.4, -0.2) is 31.1 Å². The Hall–Kier alpha value is -1.52. The Bertz CT molecular complexity index is 1130. The molecule has 6 nitrogen and oxygen atoms in total. The quantitative estimate of drug-likeness (QED) is 0.223. The van der Waals surface area contributed by atoms with Crippen molar-refractivity contribution in [3.63, 3.8) is 0 Å². The summed E-state index contributed by atoms with van der Waals surface area (Å²) in [6.45, 7) is 8.35. The van der Waals surface area contributed by atoms with Crippen LogP contribution in [0.2, 0.25) is 5.02 Å². The predicted octanol–water partition coefficient (Wildman–Crippen LogP) is 4.02. The van der Waals surface area contributed by atoms with Gasteiger partial charge in [-0.05, 0) is 31.9 Å². The number of hydrogen-bond acceptors (Lipinski definition) is 5. The second-order valence-corrected chi connectivity index (χ2v) is 8.21. The minimum atomic E-state index is -0.750. The van der Waals surface area contributed by atoms with E-state index in [2.05, 4.69) is 18.0 Å². The number of nitrogens with one attached hydrogen (secondary N) is 2. The molecule has 2 aromatic heterocycles. The Morgan fingerprint density at radius 3 is 2.50 bits per heavy atom. The fraction of sp³-hybridized carbons (Fsp3) is 0.318. The van der Waals surface area contributed by atoms with Crippen molar-refractivity contribution in [1.29, 1.82) is 10.8 Å². The van der Waals surface area contributed by atoms with Gasteiger partial charge >= 0.3 is 31.1 Å². The monoisotopic (exact) mass is 647 g/mol. The van der Waals surface area contributed by atoms with Gasteiger partial charge in [-0.25, -0.2) is 9.97 Å². The van der Waals surface area contributed by atoms with E-state index in [1.54, 1.807) is 39.0 Å². The van der Waals surface area contributed by atoms with E-state index in [0.29, 0.717) is 33.4 Å². The molecular weight excluding hydrogens is 624 g/mol. The Kier molecular flexibility index (Phi) is 8.04. The Balaban J connectivity index is 0.000000482. The van der Waals surface area contributed by atoms with Crippen molar-refractivity contribution in [3.05, 3.63) is 70.8 Å². The van der Waals surface area contributed by atoms with Gasteiger partial charge in [-0.1, -0.05) is 30.0 Å². The van der Waals surface area contributed by atoms with E-state index < -0.39 is 5.60 Å². The van der Waals surface area contributed by atoms with Crippen molar-refractivity contribution in [2.75, 3.05) is 0 Å². The molecular formula is C22H24ClN5OU. The maximum atomic E-state index is 8.60. The summed E-state index contributed by atoms with van der Waals surface area (Å²) >= 11 is 6.23. The SMILES string of the molecule is Cc1nc2ccc(C3CC3)nc2n(C(=N)c2c[c-]ccc2Cl)c1=N.[CH2-]C(C)(C)O.[U+2]. The van der Waals surface area contributed by atoms with E-state index in [0.717, 1.165) is 18.5 Å². The first kappa shape index (κ1) is 24.7. The van der Waals surface area contributed by atoms with E-state index in [-0.39, 0.29) is 42.4 Å². The number of hydrogen-bond donors (Lipinski definition) is 3. The van der Waals surface area contributed by atoms with Crippen LogP contribution in [0.1, 0.15) is 49.6 Å². The average Bonchev–Trinajstić information content (AvgIpc) is 3.46. The topological polar surface area (TPSA) is 98.6 Å². The average molecular weight is 648 g/mol. The molecule has 1 aliphatic carbocycles. The summed E-state index contributed by atoms with van der Waals surface area (Å²) in [5.74, 6) is 0.596. The number of halogens is 1. The minimum absolute atomic E-state index is 0. The summed E-state index contributed by atoms with van der Waals surface area (Å²) in [6, 6.07) is 11.9. The molecule has 1 aliphatic rings. The van der Waals surface area contributed by atoms with Crippen molar-refractivity contribution in [2.24, 2.45) is 0 Å². The van der Waals surface area contributed by atoms with E-state index in [1.165, 1.54) is 4.57 Å². The molecule has 0 unspecified atom stereocenters. The van der Waals surface area contributed by atoms with Crippen LogP contribution in [0.15, 0.2) is 30.3 Å². The van der Waals surface area contributed by atoms with Gasteiger partial charge in [0.05, 0.1) is 11.5 Å². The van der Waals surface area contributed by atoms with Crippen molar-refractivity contribution in [1.82, 2.24) is 14.5 Å². The first-order valence-corrected chi connectivity index (χ1v) is 9.71. The number of fused-ring (bicyclic) bond motifs is 1. The molecule has 3 aromatic rings. The molecule has 30 heavy (non-hydrogen) atoms. The van der Waals surface area contributed by atoms with Gasteiger partial charge in [-0.2, -0.15) is 24.3 Å². The fourth-order valence-electron chi connectivity index (χ4n) is 2.75. The molecule has 0 aliphatic heterocycles. The molecule has 3 N–H and O–H groups in total. The van der Waals surface area contributed by atoms with Crippen LogP contribution >= 0.6 is 11.6 Å². The molecule has 0 spiro atoms. The van der Waals surface area contributed by atoms with Gasteiger partial charge < -0.3 is 12.0 Å². The minimum Gasteiger partial charge on any atom is -0.423 e. The normalized spacial score (nSPS) is 13.3. The van der Waals surface area contributed by atoms with E-state index in [1.807, 2.05) is 12.1 Å². The summed E-state index contributed by atoms with van der Waals surface area (Å²) in [6.07, 6.45) is 2.28. The van der Waals surface area contributed by atoms with Crippen molar-refractivity contribution in [2.45, 2.75) is 45.1 Å².